The summed E-state index contributed by atoms with van der Waals surface area (Å²) < 4.78 is 0. The second kappa shape index (κ2) is 4.17. The number of hydrogen-bond donors (Lipinski definition) is 1. The van der Waals surface area contributed by atoms with Gasteiger partial charge in [0.1, 0.15) is 0 Å². The summed E-state index contributed by atoms with van der Waals surface area (Å²) in [5.74, 6) is 1.48. The smallest absolute Gasteiger partial charge is 0.156 e. The van der Waals surface area contributed by atoms with Crippen molar-refractivity contribution < 1.29 is 9.90 Å². The van der Waals surface area contributed by atoms with Crippen molar-refractivity contribution >= 4 is 5.78 Å². The van der Waals surface area contributed by atoms with Crippen LogP contribution in [0.25, 0.3) is 0 Å². The SMILES string of the molecule is C[C@]12C=CC3=C4CCC(=O)C=C4CC[C@H]3[C@@H]1CC[C@H]2O. The molecular formula is C18H22O2. The molecule has 0 aromatic rings. The van der Waals surface area contributed by atoms with Crippen molar-refractivity contribution in [2.45, 2.75) is 51.6 Å². The zero-order chi connectivity index (χ0) is 13.9. The summed E-state index contributed by atoms with van der Waals surface area (Å²) in [6.07, 6.45) is 12.1. The molecule has 20 heavy (non-hydrogen) atoms. The summed E-state index contributed by atoms with van der Waals surface area (Å²) in [5.41, 5.74) is 4.19. The largest absolute Gasteiger partial charge is 0.392 e. The van der Waals surface area contributed by atoms with Gasteiger partial charge in [-0.2, -0.15) is 0 Å². The van der Waals surface area contributed by atoms with E-state index in [0.29, 0.717) is 24.0 Å². The molecule has 4 aliphatic rings. The Hall–Kier alpha value is -1.15. The van der Waals surface area contributed by atoms with Crippen LogP contribution in [0.1, 0.15) is 45.4 Å². The second-order valence-corrected chi connectivity index (χ2v) is 7.11. The summed E-state index contributed by atoms with van der Waals surface area (Å²) in [4.78, 5) is 11.6. The number of aliphatic hydroxyl groups is 1. The van der Waals surface area contributed by atoms with Gasteiger partial charge in [0.25, 0.3) is 0 Å². The third kappa shape index (κ3) is 1.57. The van der Waals surface area contributed by atoms with Crippen molar-refractivity contribution in [1.29, 1.82) is 0 Å². The Balaban J connectivity index is 1.82. The number of carbonyl (C=O) groups excluding carboxylic acids is 1. The molecule has 0 aliphatic heterocycles. The third-order valence-corrected chi connectivity index (χ3v) is 6.19. The van der Waals surface area contributed by atoms with Crippen LogP contribution in [-0.4, -0.2) is 17.0 Å². The fraction of sp³-hybridized carbons (Fsp3) is 0.611. The molecule has 0 spiro atoms. The molecular weight excluding hydrogens is 248 g/mol. The van der Waals surface area contributed by atoms with E-state index >= 15 is 0 Å². The van der Waals surface area contributed by atoms with Gasteiger partial charge in [-0.25, -0.2) is 0 Å². The van der Waals surface area contributed by atoms with Gasteiger partial charge in [-0.15, -0.1) is 0 Å². The van der Waals surface area contributed by atoms with E-state index in [2.05, 4.69) is 19.1 Å². The lowest BCUT2D eigenvalue weighted by molar-refractivity contribution is -0.114. The number of rotatable bonds is 0. The Morgan fingerprint density at radius 2 is 2.05 bits per heavy atom. The highest BCUT2D eigenvalue weighted by Gasteiger charge is 2.51. The third-order valence-electron chi connectivity index (χ3n) is 6.19. The van der Waals surface area contributed by atoms with E-state index in [9.17, 15) is 9.90 Å². The number of hydrogen-bond acceptors (Lipinski definition) is 2. The highest BCUT2D eigenvalue weighted by Crippen LogP contribution is 2.57. The molecule has 0 unspecified atom stereocenters. The zero-order valence-corrected chi connectivity index (χ0v) is 12.1. The first-order valence-corrected chi connectivity index (χ1v) is 7.94. The van der Waals surface area contributed by atoms with E-state index < -0.39 is 0 Å². The number of allylic oxidation sites excluding steroid dienone is 5. The lowest BCUT2D eigenvalue weighted by Gasteiger charge is -2.44. The minimum atomic E-state index is -0.180. The molecule has 1 N–H and O–H groups in total. The van der Waals surface area contributed by atoms with E-state index in [0.717, 1.165) is 32.1 Å². The molecule has 0 heterocycles. The fourth-order valence-electron chi connectivity index (χ4n) is 4.99. The molecule has 4 aliphatic carbocycles. The molecule has 0 aromatic carbocycles. The van der Waals surface area contributed by atoms with Crippen molar-refractivity contribution in [3.05, 3.63) is 34.9 Å². The fourth-order valence-corrected chi connectivity index (χ4v) is 4.99. The van der Waals surface area contributed by atoms with Crippen LogP contribution in [0.5, 0.6) is 0 Å². The highest BCUT2D eigenvalue weighted by atomic mass is 16.3. The van der Waals surface area contributed by atoms with Gasteiger partial charge in [-0.3, -0.25) is 4.79 Å². The first-order valence-electron chi connectivity index (χ1n) is 7.94. The van der Waals surface area contributed by atoms with Crippen molar-refractivity contribution in [3.63, 3.8) is 0 Å². The number of fused-ring (bicyclic) bond motifs is 4. The number of ketones is 1. The number of aliphatic hydroxyl groups excluding tert-OH is 1. The van der Waals surface area contributed by atoms with Gasteiger partial charge in [0.15, 0.2) is 5.78 Å². The average molecular weight is 270 g/mol. The topological polar surface area (TPSA) is 37.3 Å². The summed E-state index contributed by atoms with van der Waals surface area (Å²) in [5, 5.41) is 10.3. The van der Waals surface area contributed by atoms with Crippen LogP contribution in [-0.2, 0) is 4.79 Å². The van der Waals surface area contributed by atoms with E-state index in [-0.39, 0.29) is 11.5 Å². The van der Waals surface area contributed by atoms with Gasteiger partial charge in [-0.05, 0) is 66.7 Å². The molecule has 1 fully saturated rings. The van der Waals surface area contributed by atoms with Crippen LogP contribution < -0.4 is 0 Å². The molecule has 0 amide bonds. The number of carbonyl (C=O) groups is 1. The molecule has 0 radical (unpaired) electrons. The lowest BCUT2D eigenvalue weighted by Crippen LogP contribution is -2.39. The maximum absolute atomic E-state index is 11.6. The van der Waals surface area contributed by atoms with Crippen LogP contribution in [0, 0.1) is 17.3 Å². The highest BCUT2D eigenvalue weighted by molar-refractivity contribution is 5.93. The molecule has 106 valence electrons. The normalized spacial score (nSPS) is 43.0. The van der Waals surface area contributed by atoms with Gasteiger partial charge in [0, 0.05) is 11.8 Å². The lowest BCUT2D eigenvalue weighted by atomic mass is 9.60. The Labute approximate surface area is 120 Å². The van der Waals surface area contributed by atoms with Crippen LogP contribution >= 0.6 is 0 Å². The van der Waals surface area contributed by atoms with Crippen LogP contribution in [0.4, 0.5) is 0 Å². The maximum Gasteiger partial charge on any atom is 0.156 e. The summed E-state index contributed by atoms with van der Waals surface area (Å²) in [6.45, 7) is 2.23. The van der Waals surface area contributed by atoms with E-state index in [1.807, 2.05) is 6.08 Å². The van der Waals surface area contributed by atoms with Crippen molar-refractivity contribution in [2.24, 2.45) is 17.3 Å². The second-order valence-electron chi connectivity index (χ2n) is 7.11. The van der Waals surface area contributed by atoms with Crippen molar-refractivity contribution in [3.8, 4) is 0 Å². The van der Waals surface area contributed by atoms with Gasteiger partial charge in [0.05, 0.1) is 6.10 Å². The Bertz CT molecular complexity index is 566. The summed E-state index contributed by atoms with van der Waals surface area (Å²) >= 11 is 0. The molecule has 4 rings (SSSR count). The molecule has 0 bridgehead atoms. The van der Waals surface area contributed by atoms with Crippen molar-refractivity contribution in [2.75, 3.05) is 0 Å². The first-order chi connectivity index (χ1) is 9.59. The average Bonchev–Trinajstić information content (AvgIpc) is 2.74. The van der Waals surface area contributed by atoms with E-state index in [4.69, 9.17) is 0 Å². The van der Waals surface area contributed by atoms with Crippen molar-refractivity contribution in [1.82, 2.24) is 0 Å². The predicted molar refractivity (Wildman–Crippen MR) is 78.1 cm³/mol. The van der Waals surface area contributed by atoms with Crippen LogP contribution in [0.3, 0.4) is 0 Å². The van der Waals surface area contributed by atoms with Gasteiger partial charge < -0.3 is 5.11 Å². The van der Waals surface area contributed by atoms with Gasteiger partial charge in [-0.1, -0.05) is 19.1 Å². The minimum absolute atomic E-state index is 0.0274. The Morgan fingerprint density at radius 3 is 2.90 bits per heavy atom. The first kappa shape index (κ1) is 12.6. The van der Waals surface area contributed by atoms with E-state index in [1.165, 1.54) is 16.7 Å². The molecule has 2 nitrogen and oxygen atoms in total. The molecule has 4 atom stereocenters. The minimum Gasteiger partial charge on any atom is -0.392 e. The molecule has 0 aromatic heterocycles. The quantitative estimate of drug-likeness (QED) is 0.733. The van der Waals surface area contributed by atoms with E-state index in [1.54, 1.807) is 0 Å². The summed E-state index contributed by atoms with van der Waals surface area (Å²) in [6, 6.07) is 0. The van der Waals surface area contributed by atoms with Crippen LogP contribution in [0.15, 0.2) is 34.9 Å². The van der Waals surface area contributed by atoms with Gasteiger partial charge in [0.2, 0.25) is 0 Å². The molecule has 1 saturated carbocycles. The summed E-state index contributed by atoms with van der Waals surface area (Å²) in [7, 11) is 0. The van der Waals surface area contributed by atoms with Crippen LogP contribution in [0.2, 0.25) is 0 Å². The predicted octanol–water partition coefficient (Wildman–Crippen LogP) is 3.33. The monoisotopic (exact) mass is 270 g/mol. The molecule has 2 heteroatoms. The Kier molecular flexibility index (Phi) is 2.62. The zero-order valence-electron chi connectivity index (χ0n) is 12.1. The maximum atomic E-state index is 11.6. The standard InChI is InChI=1S/C18H22O2/c1-18-9-8-14-13-5-3-12(19)10-11(13)2-4-15(14)16(18)6-7-17(18)20/h8-10,15-17,20H,2-7H2,1H3/t15-,16+,17-,18+/m1/s1. The molecule has 0 saturated heterocycles. The van der Waals surface area contributed by atoms with Gasteiger partial charge >= 0.3 is 0 Å². The Morgan fingerprint density at radius 1 is 1.20 bits per heavy atom.